The third-order valence-corrected chi connectivity index (χ3v) is 5.48. The van der Waals surface area contributed by atoms with Gasteiger partial charge in [0, 0.05) is 23.7 Å². The molecular formula is C18H21ClN4O5S. The molecule has 0 aliphatic heterocycles. The summed E-state index contributed by atoms with van der Waals surface area (Å²) in [5.74, 6) is -0.267. The van der Waals surface area contributed by atoms with Crippen LogP contribution >= 0.6 is 11.6 Å². The van der Waals surface area contributed by atoms with Crippen molar-refractivity contribution in [3.63, 3.8) is 0 Å². The number of sulfonamides is 1. The number of carbonyl (C=O) groups is 1. The van der Waals surface area contributed by atoms with Gasteiger partial charge in [-0.25, -0.2) is 13.6 Å². The monoisotopic (exact) mass is 440 g/mol. The maximum atomic E-state index is 12.3. The Bertz CT molecular complexity index is 1010. The minimum Gasteiger partial charge on any atom is -0.348 e. The predicted molar refractivity (Wildman–Crippen MR) is 109 cm³/mol. The summed E-state index contributed by atoms with van der Waals surface area (Å²) in [4.78, 5) is 24.4. The van der Waals surface area contributed by atoms with Crippen LogP contribution in [-0.4, -0.2) is 37.7 Å². The van der Waals surface area contributed by atoms with Crippen LogP contribution in [0.15, 0.2) is 47.4 Å². The molecule has 9 nitrogen and oxygen atoms in total. The number of carbonyl (C=O) groups excluding carboxylic acids is 1. The highest BCUT2D eigenvalue weighted by atomic mass is 35.5. The van der Waals surface area contributed by atoms with Gasteiger partial charge in [0.2, 0.25) is 15.9 Å². The summed E-state index contributed by atoms with van der Waals surface area (Å²) in [5, 5.41) is 19.2. The van der Waals surface area contributed by atoms with E-state index in [0.29, 0.717) is 10.6 Å². The lowest BCUT2D eigenvalue weighted by molar-refractivity contribution is -0.384. The number of primary sulfonamides is 1. The molecule has 2 rings (SSSR count). The van der Waals surface area contributed by atoms with E-state index in [9.17, 15) is 23.3 Å². The van der Waals surface area contributed by atoms with Gasteiger partial charge in [0.1, 0.15) is 0 Å². The fourth-order valence-corrected chi connectivity index (χ4v) is 3.40. The predicted octanol–water partition coefficient (Wildman–Crippen LogP) is 2.20. The summed E-state index contributed by atoms with van der Waals surface area (Å²) in [7, 11) is -2.08. The van der Waals surface area contributed by atoms with Gasteiger partial charge in [-0.1, -0.05) is 23.7 Å². The average molecular weight is 441 g/mol. The quantitative estimate of drug-likeness (QED) is 0.477. The molecular weight excluding hydrogens is 420 g/mol. The number of likely N-dealkylation sites (N-methyl/N-ethyl adjacent to an activating group) is 1. The summed E-state index contributed by atoms with van der Waals surface area (Å²) in [6, 6.07) is 9.72. The Morgan fingerprint density at radius 3 is 2.45 bits per heavy atom. The van der Waals surface area contributed by atoms with Crippen LogP contribution in [0.4, 0.5) is 5.69 Å². The summed E-state index contributed by atoms with van der Waals surface area (Å²) in [6.45, 7) is 2.06. The van der Waals surface area contributed by atoms with Crippen molar-refractivity contribution >= 4 is 33.2 Å². The molecule has 0 saturated heterocycles. The second-order valence-electron chi connectivity index (χ2n) is 6.61. The van der Waals surface area contributed by atoms with Gasteiger partial charge >= 0.3 is 0 Å². The Labute approximate surface area is 173 Å². The molecule has 29 heavy (non-hydrogen) atoms. The Hall–Kier alpha value is -2.53. The van der Waals surface area contributed by atoms with Crippen molar-refractivity contribution in [2.75, 3.05) is 13.6 Å². The first kappa shape index (κ1) is 22.8. The van der Waals surface area contributed by atoms with E-state index in [1.54, 1.807) is 31.0 Å². The van der Waals surface area contributed by atoms with Crippen LogP contribution in [0.5, 0.6) is 0 Å². The van der Waals surface area contributed by atoms with Crippen molar-refractivity contribution in [3.8, 4) is 0 Å². The first-order valence-corrected chi connectivity index (χ1v) is 10.4. The highest BCUT2D eigenvalue weighted by Gasteiger charge is 2.16. The molecule has 0 bridgehead atoms. The lowest BCUT2D eigenvalue weighted by atomic mass is 10.1. The van der Waals surface area contributed by atoms with E-state index in [0.717, 1.165) is 5.56 Å². The van der Waals surface area contributed by atoms with E-state index in [1.807, 2.05) is 0 Å². The largest absolute Gasteiger partial charge is 0.348 e. The van der Waals surface area contributed by atoms with Gasteiger partial charge in [-0.3, -0.25) is 19.8 Å². The van der Waals surface area contributed by atoms with Gasteiger partial charge in [-0.05, 0) is 43.3 Å². The molecule has 0 aliphatic carbocycles. The normalized spacial score (nSPS) is 12.6. The van der Waals surface area contributed by atoms with Gasteiger partial charge in [-0.2, -0.15) is 0 Å². The summed E-state index contributed by atoms with van der Waals surface area (Å²) < 4.78 is 22.6. The first-order chi connectivity index (χ1) is 13.5. The molecule has 3 N–H and O–H groups in total. The second kappa shape index (κ2) is 9.31. The Morgan fingerprint density at radius 2 is 1.90 bits per heavy atom. The van der Waals surface area contributed by atoms with E-state index in [2.05, 4.69) is 5.32 Å². The molecule has 0 spiro atoms. The van der Waals surface area contributed by atoms with E-state index >= 15 is 0 Å². The molecule has 0 radical (unpaired) electrons. The van der Waals surface area contributed by atoms with E-state index in [4.69, 9.17) is 16.7 Å². The highest BCUT2D eigenvalue weighted by molar-refractivity contribution is 7.89. The van der Waals surface area contributed by atoms with Gasteiger partial charge in [-0.15, -0.1) is 0 Å². The first-order valence-electron chi connectivity index (χ1n) is 8.51. The van der Waals surface area contributed by atoms with E-state index in [1.165, 1.54) is 30.3 Å². The Morgan fingerprint density at radius 1 is 1.28 bits per heavy atom. The maximum Gasteiger partial charge on any atom is 0.269 e. The molecule has 11 heteroatoms. The molecule has 1 atom stereocenters. The van der Waals surface area contributed by atoms with Gasteiger partial charge < -0.3 is 5.32 Å². The van der Waals surface area contributed by atoms with Crippen molar-refractivity contribution < 1.29 is 18.1 Å². The summed E-state index contributed by atoms with van der Waals surface area (Å²) in [6.07, 6.45) is 0. The standard InChI is InChI=1S/C18H21ClN4O5S/c1-12(13-3-6-16(7-4-13)29(20,27)28)21-18(24)11-22(2)10-14-9-15(23(25)26)5-8-17(14)19/h3-9,12H,10-11H2,1-2H3,(H,21,24)(H2,20,27,28). The number of non-ortho nitro benzene ring substituents is 1. The zero-order valence-corrected chi connectivity index (χ0v) is 17.4. The summed E-state index contributed by atoms with van der Waals surface area (Å²) >= 11 is 6.09. The Kier molecular flexibility index (Phi) is 7.31. The van der Waals surface area contributed by atoms with Crippen LogP contribution in [0, 0.1) is 10.1 Å². The molecule has 0 saturated carbocycles. The van der Waals surface area contributed by atoms with Crippen LogP contribution in [0.1, 0.15) is 24.1 Å². The average Bonchev–Trinajstić information content (AvgIpc) is 2.62. The second-order valence-corrected chi connectivity index (χ2v) is 8.58. The lowest BCUT2D eigenvalue weighted by Crippen LogP contribution is -2.36. The van der Waals surface area contributed by atoms with Crippen molar-refractivity contribution in [2.24, 2.45) is 5.14 Å². The zero-order valence-electron chi connectivity index (χ0n) is 15.8. The molecule has 0 heterocycles. The van der Waals surface area contributed by atoms with Crippen molar-refractivity contribution in [3.05, 3.63) is 68.7 Å². The lowest BCUT2D eigenvalue weighted by Gasteiger charge is -2.20. The van der Waals surface area contributed by atoms with Crippen molar-refractivity contribution in [1.29, 1.82) is 0 Å². The van der Waals surface area contributed by atoms with Gasteiger partial charge in [0.15, 0.2) is 0 Å². The molecule has 0 aromatic heterocycles. The molecule has 0 aliphatic rings. The number of hydrogen-bond acceptors (Lipinski definition) is 6. The van der Waals surface area contributed by atoms with Crippen LogP contribution < -0.4 is 10.5 Å². The molecule has 0 fully saturated rings. The number of nitro benzene ring substituents is 1. The number of nitrogens with one attached hydrogen (secondary N) is 1. The maximum absolute atomic E-state index is 12.3. The summed E-state index contributed by atoms with van der Waals surface area (Å²) in [5.41, 5.74) is 1.19. The van der Waals surface area contributed by atoms with E-state index in [-0.39, 0.29) is 35.6 Å². The molecule has 2 aromatic carbocycles. The zero-order chi connectivity index (χ0) is 21.8. The number of amides is 1. The van der Waals surface area contributed by atoms with Gasteiger partial charge in [0.25, 0.3) is 5.69 Å². The van der Waals surface area contributed by atoms with Crippen LogP contribution in [-0.2, 0) is 21.4 Å². The van der Waals surface area contributed by atoms with E-state index < -0.39 is 14.9 Å². The number of hydrogen-bond donors (Lipinski definition) is 2. The fourth-order valence-electron chi connectivity index (χ4n) is 2.70. The Balaban J connectivity index is 1.96. The minimum atomic E-state index is -3.77. The third kappa shape index (κ3) is 6.50. The number of nitro groups is 1. The van der Waals surface area contributed by atoms with Crippen molar-refractivity contribution in [2.45, 2.75) is 24.4 Å². The molecule has 1 unspecified atom stereocenters. The van der Waals surface area contributed by atoms with Crippen molar-refractivity contribution in [1.82, 2.24) is 10.2 Å². The molecule has 156 valence electrons. The number of nitrogens with zero attached hydrogens (tertiary/aromatic N) is 2. The number of rotatable bonds is 8. The number of halogens is 1. The minimum absolute atomic E-state index is 0.00616. The number of benzene rings is 2. The van der Waals surface area contributed by atoms with Crippen LogP contribution in [0.2, 0.25) is 5.02 Å². The molecule has 1 amide bonds. The fraction of sp³-hybridized carbons (Fsp3) is 0.278. The number of nitrogens with two attached hydrogens (primary N) is 1. The van der Waals surface area contributed by atoms with Gasteiger partial charge in [0.05, 0.1) is 22.4 Å². The smallest absolute Gasteiger partial charge is 0.269 e. The van der Waals surface area contributed by atoms with Crippen LogP contribution in [0.3, 0.4) is 0 Å². The SMILES string of the molecule is CC(NC(=O)CN(C)Cc1cc([N+](=O)[O-])ccc1Cl)c1ccc(S(N)(=O)=O)cc1. The van der Waals surface area contributed by atoms with Crippen LogP contribution in [0.25, 0.3) is 0 Å². The topological polar surface area (TPSA) is 136 Å². The molecule has 2 aromatic rings. The third-order valence-electron chi connectivity index (χ3n) is 4.18. The highest BCUT2D eigenvalue weighted by Crippen LogP contribution is 2.23.